The Kier molecular flexibility index (Phi) is 4.91. The van der Waals surface area contributed by atoms with Gasteiger partial charge in [-0.2, -0.15) is 0 Å². The van der Waals surface area contributed by atoms with E-state index < -0.39 is 0 Å². The molecule has 0 aliphatic carbocycles. The highest BCUT2D eigenvalue weighted by Gasteiger charge is 2.16. The number of hydrogen-bond acceptors (Lipinski definition) is 3. The molecule has 20 heavy (non-hydrogen) atoms. The minimum Gasteiger partial charge on any atom is -0.497 e. The van der Waals surface area contributed by atoms with Gasteiger partial charge in [0.05, 0.1) is 20.3 Å². The molecule has 0 saturated heterocycles. The number of methoxy groups -OCH3 is 2. The summed E-state index contributed by atoms with van der Waals surface area (Å²) in [5, 5.41) is 0.636. The van der Waals surface area contributed by atoms with E-state index in [1.54, 1.807) is 14.2 Å². The fraction of sp³-hybridized carbons (Fsp3) is 0.200. The van der Waals surface area contributed by atoms with Crippen LogP contribution >= 0.6 is 27.5 Å². The first-order chi connectivity index (χ1) is 9.55. The number of rotatable bonds is 4. The van der Waals surface area contributed by atoms with Crippen molar-refractivity contribution in [1.82, 2.24) is 0 Å². The summed E-state index contributed by atoms with van der Waals surface area (Å²) in [7, 11) is 3.22. The van der Waals surface area contributed by atoms with Crippen LogP contribution in [0.5, 0.6) is 11.5 Å². The van der Waals surface area contributed by atoms with Crippen LogP contribution in [0.3, 0.4) is 0 Å². The zero-order valence-electron chi connectivity index (χ0n) is 11.2. The summed E-state index contributed by atoms with van der Waals surface area (Å²) in [4.78, 5) is 0. The summed E-state index contributed by atoms with van der Waals surface area (Å²) in [6.45, 7) is 0. The Hall–Kier alpha value is -1.23. The van der Waals surface area contributed by atoms with Gasteiger partial charge in [0.25, 0.3) is 0 Å². The fourth-order valence-electron chi connectivity index (χ4n) is 2.01. The van der Waals surface area contributed by atoms with Gasteiger partial charge in [0.2, 0.25) is 0 Å². The highest BCUT2D eigenvalue weighted by Crippen LogP contribution is 2.33. The van der Waals surface area contributed by atoms with Crippen molar-refractivity contribution in [2.45, 2.75) is 6.04 Å². The van der Waals surface area contributed by atoms with E-state index in [-0.39, 0.29) is 6.04 Å². The minimum atomic E-state index is -0.328. The molecule has 0 heterocycles. The molecule has 1 unspecified atom stereocenters. The number of hydrogen-bond donors (Lipinski definition) is 1. The maximum absolute atomic E-state index is 6.32. The lowest BCUT2D eigenvalue weighted by Gasteiger charge is -2.17. The lowest BCUT2D eigenvalue weighted by molar-refractivity contribution is 0.390. The number of ether oxygens (including phenoxy) is 2. The normalized spacial score (nSPS) is 12.1. The molecule has 2 rings (SSSR count). The molecule has 0 aliphatic heterocycles. The van der Waals surface area contributed by atoms with Gasteiger partial charge in [-0.15, -0.1) is 0 Å². The van der Waals surface area contributed by atoms with Crippen LogP contribution in [-0.2, 0) is 0 Å². The van der Waals surface area contributed by atoms with Crippen LogP contribution in [0.1, 0.15) is 17.2 Å². The molecule has 0 aromatic heterocycles. The highest BCUT2D eigenvalue weighted by molar-refractivity contribution is 9.10. The molecule has 1 atom stereocenters. The average Bonchev–Trinajstić information content (AvgIpc) is 2.44. The molecule has 3 nitrogen and oxygen atoms in total. The molecule has 2 aromatic rings. The summed E-state index contributed by atoms with van der Waals surface area (Å²) < 4.78 is 11.5. The van der Waals surface area contributed by atoms with Gasteiger partial charge < -0.3 is 15.2 Å². The van der Waals surface area contributed by atoms with Crippen LogP contribution in [0.4, 0.5) is 0 Å². The van der Waals surface area contributed by atoms with E-state index in [1.165, 1.54) is 0 Å². The van der Waals surface area contributed by atoms with Crippen LogP contribution in [0.25, 0.3) is 0 Å². The number of nitrogens with two attached hydrogens (primary N) is 1. The third kappa shape index (κ3) is 3.26. The quantitative estimate of drug-likeness (QED) is 0.894. The first-order valence-corrected chi connectivity index (χ1v) is 7.15. The summed E-state index contributed by atoms with van der Waals surface area (Å²) >= 11 is 9.49. The molecule has 0 radical (unpaired) electrons. The molecule has 2 N–H and O–H groups in total. The zero-order valence-corrected chi connectivity index (χ0v) is 13.5. The first-order valence-electron chi connectivity index (χ1n) is 5.98. The van der Waals surface area contributed by atoms with Crippen LogP contribution < -0.4 is 15.2 Å². The molecule has 2 aromatic carbocycles. The van der Waals surface area contributed by atoms with E-state index in [0.29, 0.717) is 10.8 Å². The van der Waals surface area contributed by atoms with Crippen LogP contribution in [-0.4, -0.2) is 14.2 Å². The van der Waals surface area contributed by atoms with Crippen LogP contribution in [0.2, 0.25) is 5.02 Å². The van der Waals surface area contributed by atoms with Gasteiger partial charge in [0.15, 0.2) is 0 Å². The van der Waals surface area contributed by atoms with Crippen LogP contribution in [0, 0.1) is 0 Å². The van der Waals surface area contributed by atoms with Gasteiger partial charge in [-0.25, -0.2) is 0 Å². The number of halogens is 2. The Labute approximate surface area is 131 Å². The van der Waals surface area contributed by atoms with Gasteiger partial charge in [0.1, 0.15) is 11.5 Å². The topological polar surface area (TPSA) is 44.5 Å². The molecular formula is C15H15BrClNO2. The molecule has 0 spiro atoms. The van der Waals surface area contributed by atoms with Gasteiger partial charge in [-0.1, -0.05) is 27.5 Å². The van der Waals surface area contributed by atoms with Crippen molar-refractivity contribution in [3.8, 4) is 11.5 Å². The van der Waals surface area contributed by atoms with Crippen molar-refractivity contribution >= 4 is 27.5 Å². The zero-order chi connectivity index (χ0) is 14.7. The second-order valence-corrected chi connectivity index (χ2v) is 5.64. The predicted molar refractivity (Wildman–Crippen MR) is 84.7 cm³/mol. The molecule has 0 fully saturated rings. The fourth-order valence-corrected chi connectivity index (χ4v) is 2.90. The molecule has 106 valence electrons. The molecular weight excluding hydrogens is 342 g/mol. The average molecular weight is 357 g/mol. The van der Waals surface area contributed by atoms with Gasteiger partial charge in [0, 0.05) is 21.1 Å². The Bertz CT molecular complexity index is 599. The highest BCUT2D eigenvalue weighted by atomic mass is 79.9. The van der Waals surface area contributed by atoms with Gasteiger partial charge in [-0.3, -0.25) is 0 Å². The Balaban J connectivity index is 2.44. The largest absolute Gasteiger partial charge is 0.497 e. The van der Waals surface area contributed by atoms with E-state index in [2.05, 4.69) is 15.9 Å². The Morgan fingerprint density at radius 2 is 1.85 bits per heavy atom. The predicted octanol–water partition coefficient (Wildman–Crippen LogP) is 4.17. The summed E-state index contributed by atoms with van der Waals surface area (Å²) in [6.07, 6.45) is 0. The lowest BCUT2D eigenvalue weighted by Crippen LogP contribution is -2.13. The van der Waals surface area contributed by atoms with E-state index in [0.717, 1.165) is 21.3 Å². The summed E-state index contributed by atoms with van der Waals surface area (Å²) in [5.74, 6) is 1.41. The molecule has 0 saturated carbocycles. The third-order valence-electron chi connectivity index (χ3n) is 3.02. The second kappa shape index (κ2) is 6.48. The molecule has 5 heteroatoms. The second-order valence-electron chi connectivity index (χ2n) is 4.29. The standard InChI is InChI=1S/C15H15BrClNO2/c1-19-12-3-4-13(14(8-12)20-2)15(18)9-5-10(16)7-11(17)6-9/h3-8,15H,18H2,1-2H3. The van der Waals surface area contributed by atoms with Crippen molar-refractivity contribution in [2.75, 3.05) is 14.2 Å². The third-order valence-corrected chi connectivity index (χ3v) is 3.70. The van der Waals surface area contributed by atoms with Crippen molar-refractivity contribution in [3.05, 3.63) is 57.0 Å². The SMILES string of the molecule is COc1ccc(C(N)c2cc(Cl)cc(Br)c2)c(OC)c1. The number of benzene rings is 2. The monoisotopic (exact) mass is 355 g/mol. The molecule has 0 bridgehead atoms. The van der Waals surface area contributed by atoms with Gasteiger partial charge >= 0.3 is 0 Å². The smallest absolute Gasteiger partial charge is 0.127 e. The van der Waals surface area contributed by atoms with E-state index in [4.69, 9.17) is 26.8 Å². The van der Waals surface area contributed by atoms with E-state index in [1.807, 2.05) is 36.4 Å². The Morgan fingerprint density at radius 3 is 2.45 bits per heavy atom. The van der Waals surface area contributed by atoms with Crippen LogP contribution in [0.15, 0.2) is 40.9 Å². The maximum Gasteiger partial charge on any atom is 0.127 e. The molecule has 0 aliphatic rings. The maximum atomic E-state index is 6.32. The van der Waals surface area contributed by atoms with E-state index in [9.17, 15) is 0 Å². The summed E-state index contributed by atoms with van der Waals surface area (Å²) in [6, 6.07) is 10.9. The minimum absolute atomic E-state index is 0.328. The Morgan fingerprint density at radius 1 is 1.10 bits per heavy atom. The van der Waals surface area contributed by atoms with Crippen molar-refractivity contribution in [1.29, 1.82) is 0 Å². The van der Waals surface area contributed by atoms with Crippen molar-refractivity contribution in [3.63, 3.8) is 0 Å². The van der Waals surface area contributed by atoms with E-state index >= 15 is 0 Å². The first kappa shape index (κ1) is 15.2. The lowest BCUT2D eigenvalue weighted by atomic mass is 9.98. The molecule has 0 amide bonds. The summed E-state index contributed by atoms with van der Waals surface area (Å²) in [5.41, 5.74) is 8.11. The van der Waals surface area contributed by atoms with Crippen molar-refractivity contribution < 1.29 is 9.47 Å². The van der Waals surface area contributed by atoms with Crippen molar-refractivity contribution in [2.24, 2.45) is 5.73 Å². The van der Waals surface area contributed by atoms with Gasteiger partial charge in [-0.05, 0) is 35.9 Å².